The van der Waals surface area contributed by atoms with Crippen molar-refractivity contribution in [3.63, 3.8) is 0 Å². The van der Waals surface area contributed by atoms with Gasteiger partial charge < -0.3 is 14.5 Å². The van der Waals surface area contributed by atoms with Gasteiger partial charge in [0.15, 0.2) is 0 Å². The van der Waals surface area contributed by atoms with E-state index < -0.39 is 5.54 Å². The summed E-state index contributed by atoms with van der Waals surface area (Å²) in [7, 11) is 0. The predicted molar refractivity (Wildman–Crippen MR) is 90.2 cm³/mol. The number of nitrogens with one attached hydrogen (secondary N) is 2. The zero-order valence-corrected chi connectivity index (χ0v) is 15.2. The summed E-state index contributed by atoms with van der Waals surface area (Å²) < 4.78 is 5.07. The Balaban J connectivity index is 1.65. The van der Waals surface area contributed by atoms with Gasteiger partial charge in [0.25, 0.3) is 0 Å². The van der Waals surface area contributed by atoms with Crippen molar-refractivity contribution < 1.29 is 14.3 Å². The van der Waals surface area contributed by atoms with Crippen molar-refractivity contribution in [3.8, 4) is 0 Å². The van der Waals surface area contributed by atoms with Crippen LogP contribution in [0.25, 0.3) is 0 Å². The molecule has 2 amide bonds. The molecule has 3 aliphatic heterocycles. The molecule has 0 bridgehead atoms. The molecule has 3 fully saturated rings. The van der Waals surface area contributed by atoms with Gasteiger partial charge in [-0.15, -0.1) is 0 Å². The van der Waals surface area contributed by atoms with Gasteiger partial charge in [-0.3, -0.25) is 15.4 Å². The number of piperazine rings is 1. The smallest absolute Gasteiger partial charge is 0.409 e. The molecule has 2 N–H and O–H groups in total. The standard InChI is InChI=1S/C17H30N4O3/c1-5-24-16(23)20-8-6-12(7-9-20)21-14-13(18-14)19-17(4,15(21)22)10-11(2)3/h11-14,18-19H,5-10H2,1-4H3. The van der Waals surface area contributed by atoms with Crippen molar-refractivity contribution in [1.29, 1.82) is 0 Å². The minimum atomic E-state index is -0.503. The maximum atomic E-state index is 13.2. The summed E-state index contributed by atoms with van der Waals surface area (Å²) in [5, 5.41) is 6.85. The Morgan fingerprint density at radius 3 is 2.62 bits per heavy atom. The van der Waals surface area contributed by atoms with Crippen LogP contribution >= 0.6 is 0 Å². The second-order valence-electron chi connectivity index (χ2n) is 7.79. The largest absolute Gasteiger partial charge is 0.450 e. The summed E-state index contributed by atoms with van der Waals surface area (Å²) >= 11 is 0. The monoisotopic (exact) mass is 338 g/mol. The van der Waals surface area contributed by atoms with Crippen LogP contribution in [0.15, 0.2) is 0 Å². The van der Waals surface area contributed by atoms with Gasteiger partial charge in [-0.05, 0) is 39.0 Å². The van der Waals surface area contributed by atoms with Crippen LogP contribution in [0.3, 0.4) is 0 Å². The van der Waals surface area contributed by atoms with Crippen molar-refractivity contribution >= 4 is 12.0 Å². The molecule has 0 aromatic carbocycles. The van der Waals surface area contributed by atoms with E-state index in [0.29, 0.717) is 25.6 Å². The van der Waals surface area contributed by atoms with Crippen LogP contribution in [-0.2, 0) is 9.53 Å². The fourth-order valence-electron chi connectivity index (χ4n) is 4.20. The summed E-state index contributed by atoms with van der Waals surface area (Å²) in [5.74, 6) is 0.645. The molecule has 7 nitrogen and oxygen atoms in total. The third-order valence-corrected chi connectivity index (χ3v) is 5.24. The van der Waals surface area contributed by atoms with E-state index >= 15 is 0 Å². The first kappa shape index (κ1) is 17.5. The van der Waals surface area contributed by atoms with Crippen molar-refractivity contribution in [2.45, 2.75) is 70.9 Å². The van der Waals surface area contributed by atoms with Crippen LogP contribution < -0.4 is 10.6 Å². The number of fused-ring (bicyclic) bond motifs is 1. The highest BCUT2D eigenvalue weighted by atomic mass is 16.6. The summed E-state index contributed by atoms with van der Waals surface area (Å²) in [6, 6.07) is 0.194. The highest BCUT2D eigenvalue weighted by Gasteiger charge is 2.57. The van der Waals surface area contributed by atoms with Gasteiger partial charge in [-0.25, -0.2) is 4.79 Å². The molecule has 3 unspecified atom stereocenters. The van der Waals surface area contributed by atoms with E-state index in [2.05, 4.69) is 24.5 Å². The lowest BCUT2D eigenvalue weighted by Crippen LogP contribution is -2.66. The highest BCUT2D eigenvalue weighted by Crippen LogP contribution is 2.34. The first-order chi connectivity index (χ1) is 11.4. The summed E-state index contributed by atoms with van der Waals surface area (Å²) in [6.45, 7) is 9.84. The summed E-state index contributed by atoms with van der Waals surface area (Å²) in [6.07, 6.45) is 2.52. The zero-order valence-electron chi connectivity index (χ0n) is 15.2. The van der Waals surface area contributed by atoms with E-state index in [0.717, 1.165) is 19.3 Å². The fourth-order valence-corrected chi connectivity index (χ4v) is 4.20. The van der Waals surface area contributed by atoms with Gasteiger partial charge in [0.2, 0.25) is 5.91 Å². The van der Waals surface area contributed by atoms with Crippen molar-refractivity contribution in [2.75, 3.05) is 19.7 Å². The zero-order chi connectivity index (χ0) is 17.5. The molecule has 3 heterocycles. The number of nitrogens with zero attached hydrogens (tertiary/aromatic N) is 2. The minimum Gasteiger partial charge on any atom is -0.450 e. The Hall–Kier alpha value is -1.34. The van der Waals surface area contributed by atoms with Crippen LogP contribution in [0.4, 0.5) is 4.79 Å². The molecule has 0 radical (unpaired) electrons. The molecule has 7 heteroatoms. The Kier molecular flexibility index (Phi) is 4.75. The second kappa shape index (κ2) is 6.52. The first-order valence-electron chi connectivity index (χ1n) is 9.14. The lowest BCUT2D eigenvalue weighted by Gasteiger charge is -2.45. The van der Waals surface area contributed by atoms with Crippen molar-refractivity contribution in [1.82, 2.24) is 20.4 Å². The van der Waals surface area contributed by atoms with Gasteiger partial charge in [0.05, 0.1) is 18.3 Å². The van der Waals surface area contributed by atoms with Crippen LogP contribution in [0.5, 0.6) is 0 Å². The van der Waals surface area contributed by atoms with Gasteiger partial charge in [0.1, 0.15) is 6.17 Å². The lowest BCUT2D eigenvalue weighted by molar-refractivity contribution is -0.145. The molecule has 24 heavy (non-hydrogen) atoms. The molecule has 3 rings (SSSR count). The summed E-state index contributed by atoms with van der Waals surface area (Å²) in [4.78, 5) is 28.8. The van der Waals surface area contributed by atoms with E-state index in [1.54, 1.807) is 4.90 Å². The van der Waals surface area contributed by atoms with Gasteiger partial charge >= 0.3 is 6.09 Å². The SMILES string of the molecule is CCOC(=O)N1CCC(N2C(=O)C(C)(CC(C)C)NC3NC32)CC1. The first-order valence-corrected chi connectivity index (χ1v) is 9.14. The number of carbonyl (C=O) groups excluding carboxylic acids is 2. The number of hydrogen-bond acceptors (Lipinski definition) is 5. The molecular weight excluding hydrogens is 308 g/mol. The van der Waals surface area contributed by atoms with E-state index in [1.165, 1.54) is 0 Å². The van der Waals surface area contributed by atoms with E-state index in [4.69, 9.17) is 4.74 Å². The molecule has 0 aromatic heterocycles. The van der Waals surface area contributed by atoms with E-state index in [1.807, 2.05) is 18.7 Å². The predicted octanol–water partition coefficient (Wildman–Crippen LogP) is 1.10. The molecular formula is C17H30N4O3. The second-order valence-corrected chi connectivity index (χ2v) is 7.79. The molecule has 3 saturated heterocycles. The maximum Gasteiger partial charge on any atom is 0.409 e. The van der Waals surface area contributed by atoms with E-state index in [-0.39, 0.29) is 30.4 Å². The van der Waals surface area contributed by atoms with Crippen molar-refractivity contribution in [3.05, 3.63) is 0 Å². The quantitative estimate of drug-likeness (QED) is 0.750. The number of carbonyl (C=O) groups is 2. The Bertz CT molecular complexity index is 500. The Morgan fingerprint density at radius 2 is 2.04 bits per heavy atom. The molecule has 0 spiro atoms. The number of likely N-dealkylation sites (tertiary alicyclic amines) is 1. The average Bonchev–Trinajstić information content (AvgIpc) is 3.26. The van der Waals surface area contributed by atoms with Gasteiger partial charge in [-0.1, -0.05) is 13.8 Å². The Morgan fingerprint density at radius 1 is 1.38 bits per heavy atom. The van der Waals surface area contributed by atoms with Crippen LogP contribution in [0.2, 0.25) is 0 Å². The van der Waals surface area contributed by atoms with Gasteiger partial charge in [-0.2, -0.15) is 0 Å². The normalized spacial score (nSPS) is 33.6. The molecule has 0 aromatic rings. The molecule has 3 aliphatic rings. The maximum absolute atomic E-state index is 13.2. The number of amides is 2. The highest BCUT2D eigenvalue weighted by molar-refractivity contribution is 5.88. The van der Waals surface area contributed by atoms with Crippen LogP contribution in [0, 0.1) is 5.92 Å². The number of ether oxygens (including phenoxy) is 1. The number of rotatable bonds is 4. The molecule has 0 saturated carbocycles. The third-order valence-electron chi connectivity index (χ3n) is 5.24. The average molecular weight is 338 g/mol. The molecule has 136 valence electrons. The van der Waals surface area contributed by atoms with E-state index in [9.17, 15) is 9.59 Å². The van der Waals surface area contributed by atoms with Crippen molar-refractivity contribution in [2.24, 2.45) is 5.92 Å². The number of hydrogen-bond donors (Lipinski definition) is 2. The molecule has 0 aliphatic carbocycles. The molecule has 3 atom stereocenters. The lowest BCUT2D eigenvalue weighted by atomic mass is 9.86. The number of piperidine rings is 1. The summed E-state index contributed by atoms with van der Waals surface area (Å²) in [5.41, 5.74) is -0.503. The third kappa shape index (κ3) is 3.24. The topological polar surface area (TPSA) is 83.8 Å². The Labute approximate surface area is 144 Å². The minimum absolute atomic E-state index is 0.108. The van der Waals surface area contributed by atoms with Gasteiger partial charge in [0, 0.05) is 19.1 Å². The van der Waals surface area contributed by atoms with Crippen LogP contribution in [-0.4, -0.2) is 65.4 Å². The van der Waals surface area contributed by atoms with Crippen LogP contribution in [0.1, 0.15) is 47.0 Å². The fraction of sp³-hybridized carbons (Fsp3) is 0.882.